The van der Waals surface area contributed by atoms with Crippen LogP contribution in [0.15, 0.2) is 77.2 Å². The van der Waals surface area contributed by atoms with Gasteiger partial charge in [-0.05, 0) is 120 Å². The Hall–Kier alpha value is -3.93. The third kappa shape index (κ3) is 19.3. The van der Waals surface area contributed by atoms with E-state index in [9.17, 15) is 9.59 Å². The standard InChI is InChI=1S/C37H52FN3O.C6H12O.C6H10.C4H10/c1-10-15-18-31(38)32(17-12-3)40-36-28(9)33(39-23-16-11-2)25-34(41-36)29-19-20-30(27(8)24-29)37(21-13-4,22-14-5)35(42)26(6)7;1-4-5(2)6(3)7;1-5-3-6(2)4-5;1-4(2)3/h12,15,17-20,23-26H,10-11,13-14,16,21-22H2,1-9H3,(H,40,41);5H,4H2,1-3H3;6H,1,3-4H2,2H3;4H,1-3H3/b17-12-,18-15+,32-31-,39-23?;;;. The maximum atomic E-state index is 15.1. The van der Waals surface area contributed by atoms with Gasteiger partial charge in [0.15, 0.2) is 0 Å². The number of aliphatic imine (C=N–C) groups is 1. The Morgan fingerprint density at radius 1 is 0.966 bits per heavy atom. The van der Waals surface area contributed by atoms with Gasteiger partial charge in [0.2, 0.25) is 0 Å². The van der Waals surface area contributed by atoms with E-state index in [4.69, 9.17) is 9.98 Å². The highest BCUT2D eigenvalue weighted by atomic mass is 19.1. The molecule has 59 heavy (non-hydrogen) atoms. The summed E-state index contributed by atoms with van der Waals surface area (Å²) in [7, 11) is 0. The lowest BCUT2D eigenvalue weighted by molar-refractivity contribution is -0.128. The number of unbranched alkanes of at least 4 members (excludes halogenated alkanes) is 1. The summed E-state index contributed by atoms with van der Waals surface area (Å²) in [6.07, 6.45) is 18.4. The number of hydrogen-bond acceptors (Lipinski definition) is 5. The van der Waals surface area contributed by atoms with E-state index in [1.807, 2.05) is 60.7 Å². The molecule has 0 amide bonds. The number of Topliss-reactive ketones (excluding diaryl/α,β-unsaturated/α-hetero) is 2. The van der Waals surface area contributed by atoms with Crippen molar-refractivity contribution in [2.24, 2.45) is 28.7 Å². The fourth-order valence-corrected chi connectivity index (χ4v) is 6.83. The van der Waals surface area contributed by atoms with E-state index in [1.54, 1.807) is 25.2 Å². The lowest BCUT2D eigenvalue weighted by atomic mass is 9.66. The normalized spacial score (nSPS) is 14.0. The summed E-state index contributed by atoms with van der Waals surface area (Å²) in [6.45, 7) is 36.5. The Morgan fingerprint density at radius 3 is 1.95 bits per heavy atom. The van der Waals surface area contributed by atoms with Crippen molar-refractivity contribution < 1.29 is 14.0 Å². The molecule has 1 fully saturated rings. The minimum absolute atomic E-state index is 0.0369. The van der Waals surface area contributed by atoms with Crippen LogP contribution in [0.3, 0.4) is 0 Å². The molecule has 0 bridgehead atoms. The van der Waals surface area contributed by atoms with Gasteiger partial charge in [-0.25, -0.2) is 9.37 Å². The van der Waals surface area contributed by atoms with E-state index in [0.717, 1.165) is 96.8 Å². The van der Waals surface area contributed by atoms with E-state index < -0.39 is 5.41 Å². The van der Waals surface area contributed by atoms with E-state index in [-0.39, 0.29) is 17.7 Å². The van der Waals surface area contributed by atoms with Crippen LogP contribution in [0.4, 0.5) is 15.9 Å². The largest absolute Gasteiger partial charge is 0.338 e. The Balaban J connectivity index is 0.00000163. The van der Waals surface area contributed by atoms with Crippen molar-refractivity contribution in [3.8, 4) is 11.3 Å². The molecule has 1 saturated carbocycles. The molecule has 0 radical (unpaired) electrons. The molecular weight excluding hydrogens is 730 g/mol. The number of rotatable bonds is 18. The van der Waals surface area contributed by atoms with Crippen LogP contribution in [-0.2, 0) is 15.0 Å². The van der Waals surface area contributed by atoms with E-state index in [2.05, 4.69) is 85.5 Å². The van der Waals surface area contributed by atoms with E-state index in [1.165, 1.54) is 24.5 Å². The highest BCUT2D eigenvalue weighted by Crippen LogP contribution is 2.41. The first-order valence-electron chi connectivity index (χ1n) is 22.6. The minimum atomic E-state index is -0.487. The third-order valence-corrected chi connectivity index (χ3v) is 10.2. The van der Waals surface area contributed by atoms with Gasteiger partial charge in [0.05, 0.1) is 22.5 Å². The summed E-state index contributed by atoms with van der Waals surface area (Å²) in [5.74, 6) is 2.82. The van der Waals surface area contributed by atoms with Crippen LogP contribution in [-0.4, -0.2) is 22.8 Å². The van der Waals surface area contributed by atoms with Gasteiger partial charge in [-0.15, -0.1) is 0 Å². The van der Waals surface area contributed by atoms with Crippen molar-refractivity contribution in [2.75, 3.05) is 5.32 Å². The molecule has 0 spiro atoms. The number of anilines is 1. The lowest BCUT2D eigenvalue weighted by Crippen LogP contribution is -2.39. The monoisotopic (exact) mass is 814 g/mol. The van der Waals surface area contributed by atoms with Gasteiger partial charge in [0.25, 0.3) is 0 Å². The second-order valence-corrected chi connectivity index (χ2v) is 17.3. The number of ketones is 2. The molecule has 1 N–H and O–H groups in total. The van der Waals surface area contributed by atoms with Gasteiger partial charge in [-0.1, -0.05) is 139 Å². The molecule has 2 aromatic rings. The van der Waals surface area contributed by atoms with Crippen LogP contribution >= 0.6 is 0 Å². The first kappa shape index (κ1) is 55.1. The molecule has 1 heterocycles. The van der Waals surface area contributed by atoms with Crippen molar-refractivity contribution in [1.29, 1.82) is 0 Å². The summed E-state index contributed by atoms with van der Waals surface area (Å²) >= 11 is 0. The van der Waals surface area contributed by atoms with Crippen molar-refractivity contribution in [1.82, 2.24) is 4.98 Å². The molecule has 3 rings (SSSR count). The Bertz CT molecular complexity index is 1690. The summed E-state index contributed by atoms with van der Waals surface area (Å²) in [5.41, 5.74) is 6.82. The maximum Gasteiger partial charge on any atom is 0.146 e. The first-order valence-corrected chi connectivity index (χ1v) is 22.6. The number of pyridine rings is 1. The Labute approximate surface area is 361 Å². The molecule has 0 saturated heterocycles. The van der Waals surface area contributed by atoms with Gasteiger partial charge in [-0.2, -0.15) is 0 Å². The number of carbonyl (C=O) groups is 2. The second-order valence-electron chi connectivity index (χ2n) is 17.3. The molecule has 1 atom stereocenters. The highest BCUT2D eigenvalue weighted by Gasteiger charge is 2.40. The van der Waals surface area contributed by atoms with Gasteiger partial charge in [0.1, 0.15) is 23.2 Å². The smallest absolute Gasteiger partial charge is 0.146 e. The Morgan fingerprint density at radius 2 is 1.56 bits per heavy atom. The molecule has 1 aromatic carbocycles. The zero-order valence-corrected chi connectivity index (χ0v) is 40.4. The number of aromatic nitrogens is 1. The molecule has 0 aliphatic heterocycles. The third-order valence-electron chi connectivity index (χ3n) is 10.2. The topological polar surface area (TPSA) is 71.4 Å². The van der Waals surface area contributed by atoms with Crippen LogP contribution in [0.25, 0.3) is 11.3 Å². The number of nitrogens with zero attached hydrogens (tertiary/aromatic N) is 2. The molecule has 1 unspecified atom stereocenters. The molecule has 330 valence electrons. The van der Waals surface area contributed by atoms with E-state index in [0.29, 0.717) is 23.1 Å². The van der Waals surface area contributed by atoms with Gasteiger partial charge in [-0.3, -0.25) is 14.6 Å². The average molecular weight is 814 g/mol. The highest BCUT2D eigenvalue weighted by molar-refractivity contribution is 5.92. The van der Waals surface area contributed by atoms with Crippen LogP contribution < -0.4 is 5.32 Å². The number of carbonyl (C=O) groups excluding carboxylic acids is 2. The zero-order valence-electron chi connectivity index (χ0n) is 40.4. The molecule has 1 aromatic heterocycles. The van der Waals surface area contributed by atoms with Crippen molar-refractivity contribution >= 4 is 29.3 Å². The van der Waals surface area contributed by atoms with Crippen molar-refractivity contribution in [3.05, 3.63) is 88.9 Å². The van der Waals surface area contributed by atoms with Gasteiger partial charge < -0.3 is 5.32 Å². The number of allylic oxidation sites excluding steroid dienone is 6. The molecule has 5 nitrogen and oxygen atoms in total. The Kier molecular flexibility index (Phi) is 27.4. The predicted molar refractivity (Wildman–Crippen MR) is 258 cm³/mol. The van der Waals surface area contributed by atoms with Crippen LogP contribution in [0.2, 0.25) is 0 Å². The maximum absolute atomic E-state index is 15.1. The van der Waals surface area contributed by atoms with Gasteiger partial charge in [0, 0.05) is 29.2 Å². The minimum Gasteiger partial charge on any atom is -0.338 e. The number of benzene rings is 1. The number of aryl methyl sites for hydroxylation is 1. The summed E-state index contributed by atoms with van der Waals surface area (Å²) in [4.78, 5) is 33.8. The quantitative estimate of drug-likeness (QED) is 0.0924. The lowest BCUT2D eigenvalue weighted by Gasteiger charge is -2.36. The molecule has 6 heteroatoms. The second kappa shape index (κ2) is 29.3. The summed E-state index contributed by atoms with van der Waals surface area (Å²) < 4.78 is 15.1. The van der Waals surface area contributed by atoms with Crippen LogP contribution in [0.1, 0.15) is 178 Å². The summed E-state index contributed by atoms with van der Waals surface area (Å²) in [6, 6.07) is 8.34. The van der Waals surface area contributed by atoms with Crippen LogP contribution in [0.5, 0.6) is 0 Å². The number of halogens is 1. The average Bonchev–Trinajstić information content (AvgIpc) is 3.17. The fraction of sp³-hybridized carbons (Fsp3) is 0.585. The van der Waals surface area contributed by atoms with Crippen LogP contribution in [0, 0.1) is 37.5 Å². The fourth-order valence-electron chi connectivity index (χ4n) is 6.83. The van der Waals surface area contributed by atoms with Crippen molar-refractivity contribution in [2.45, 2.75) is 180 Å². The van der Waals surface area contributed by atoms with Gasteiger partial charge >= 0.3 is 0 Å². The van der Waals surface area contributed by atoms with Crippen molar-refractivity contribution in [3.63, 3.8) is 0 Å². The first-order chi connectivity index (χ1) is 27.8. The predicted octanol–water partition coefficient (Wildman–Crippen LogP) is 16.3. The number of hydrogen-bond donors (Lipinski definition) is 1. The zero-order chi connectivity index (χ0) is 45.3. The molecule has 1 aliphatic rings. The molecular formula is C53H84FN3O2. The summed E-state index contributed by atoms with van der Waals surface area (Å²) in [5, 5.41) is 3.25. The number of nitrogens with one attached hydrogen (secondary N) is 1. The molecule has 1 aliphatic carbocycles. The van der Waals surface area contributed by atoms with E-state index >= 15 is 4.39 Å². The SMILES string of the molecule is C=C1CC(C)C1.CC(C)C.CCC(C)C(C)=O.C\C=C/C(Nc1nc(-c2ccc(C(CCC)(CCC)C(=O)C(C)C)c(C)c2)cc(N=CCCC)c1C)=C(F)\C=C\CC.